The lowest BCUT2D eigenvalue weighted by molar-refractivity contribution is -0.148. The molecule has 0 aliphatic carbocycles. The molecule has 0 spiro atoms. The highest BCUT2D eigenvalue weighted by atomic mass is 16.7. The Morgan fingerprint density at radius 1 is 0.469 bits per heavy atom. The fourth-order valence-corrected chi connectivity index (χ4v) is 6.52. The van der Waals surface area contributed by atoms with Crippen LogP contribution in [0.5, 0.6) is 0 Å². The second-order valence-electron chi connectivity index (χ2n) is 14.7. The second kappa shape index (κ2) is 41.7. The summed E-state index contributed by atoms with van der Waals surface area (Å²) in [5, 5.41) is 9.55. The molecule has 0 atom stereocenters. The van der Waals surface area contributed by atoms with E-state index in [1.807, 2.05) is 0 Å². The van der Waals surface area contributed by atoms with Crippen molar-refractivity contribution in [1.82, 2.24) is 4.90 Å². The zero-order chi connectivity index (χ0) is 35.7. The van der Waals surface area contributed by atoms with Gasteiger partial charge in [0.05, 0.1) is 13.2 Å². The topological polar surface area (TPSA) is 68.2 Å². The molecule has 1 N–H and O–H groups in total. The molecule has 294 valence electrons. The molecule has 0 aromatic rings. The van der Waals surface area contributed by atoms with Crippen LogP contribution in [0.3, 0.4) is 0 Å². The number of aliphatic hydroxyl groups is 1. The Morgan fingerprint density at radius 3 is 1.33 bits per heavy atom. The van der Waals surface area contributed by atoms with Crippen molar-refractivity contribution in [2.45, 2.75) is 226 Å². The van der Waals surface area contributed by atoms with Gasteiger partial charge in [-0.05, 0) is 64.5 Å². The van der Waals surface area contributed by atoms with E-state index in [-0.39, 0.29) is 18.9 Å². The van der Waals surface area contributed by atoms with Gasteiger partial charge in [-0.25, -0.2) is 0 Å². The lowest BCUT2D eigenvalue weighted by atomic mass is 10.1. The number of nitrogens with zero attached hydrogens (tertiary/aromatic N) is 1. The lowest BCUT2D eigenvalue weighted by Crippen LogP contribution is -2.29. The summed E-state index contributed by atoms with van der Waals surface area (Å²) in [6, 6.07) is 0. The number of hydrogen-bond acceptors (Lipinski definition) is 6. The van der Waals surface area contributed by atoms with Gasteiger partial charge in [0.15, 0.2) is 6.29 Å². The van der Waals surface area contributed by atoms with E-state index in [0.29, 0.717) is 13.0 Å². The minimum Gasteiger partial charge on any atom is -0.466 e. The van der Waals surface area contributed by atoms with Crippen molar-refractivity contribution >= 4 is 5.97 Å². The van der Waals surface area contributed by atoms with Gasteiger partial charge in [0.2, 0.25) is 0 Å². The summed E-state index contributed by atoms with van der Waals surface area (Å²) >= 11 is 0. The molecule has 0 aromatic heterocycles. The van der Waals surface area contributed by atoms with E-state index in [4.69, 9.17) is 14.2 Å². The van der Waals surface area contributed by atoms with E-state index < -0.39 is 0 Å². The molecule has 0 rings (SSSR count). The number of aliphatic hydroxyl groups excluding tert-OH is 1. The monoisotopic (exact) mass is 698 g/mol. The predicted molar refractivity (Wildman–Crippen MR) is 210 cm³/mol. The van der Waals surface area contributed by atoms with Gasteiger partial charge < -0.3 is 24.2 Å². The Hall–Kier alpha value is -0.690. The molecule has 0 aliphatic heterocycles. The number of carbonyl (C=O) groups excluding carboxylic acids is 1. The van der Waals surface area contributed by atoms with Crippen molar-refractivity contribution in [3.63, 3.8) is 0 Å². The average molecular weight is 698 g/mol. The van der Waals surface area contributed by atoms with Crippen LogP contribution >= 0.6 is 0 Å². The summed E-state index contributed by atoms with van der Waals surface area (Å²) in [4.78, 5) is 14.5. The van der Waals surface area contributed by atoms with Gasteiger partial charge in [-0.3, -0.25) is 4.79 Å². The SMILES string of the molecule is CCCCCCCCCCCCOC(=O)CCCCN(CCO)CCCCCCCC(OCCCCCCCC)OCCCCCCCC. The van der Waals surface area contributed by atoms with Gasteiger partial charge in [-0.2, -0.15) is 0 Å². The maximum atomic E-state index is 12.1. The number of hydrogen-bond donors (Lipinski definition) is 1. The number of rotatable bonds is 42. The van der Waals surface area contributed by atoms with Crippen LogP contribution in [0.15, 0.2) is 0 Å². The van der Waals surface area contributed by atoms with E-state index in [2.05, 4.69) is 25.7 Å². The largest absolute Gasteiger partial charge is 0.466 e. The highest BCUT2D eigenvalue weighted by molar-refractivity contribution is 5.69. The molecule has 0 bridgehead atoms. The number of unbranched alkanes of at least 4 members (excludes halogenated alkanes) is 24. The summed E-state index contributed by atoms with van der Waals surface area (Å²) in [5.74, 6) is -0.0486. The molecule has 49 heavy (non-hydrogen) atoms. The first-order chi connectivity index (χ1) is 24.2. The summed E-state index contributed by atoms with van der Waals surface area (Å²) in [6.07, 6.45) is 37.7. The molecule has 0 radical (unpaired) electrons. The van der Waals surface area contributed by atoms with E-state index >= 15 is 0 Å². The number of ether oxygens (including phenoxy) is 3. The van der Waals surface area contributed by atoms with Crippen molar-refractivity contribution in [3.8, 4) is 0 Å². The van der Waals surface area contributed by atoms with Gasteiger partial charge in [0.25, 0.3) is 0 Å². The van der Waals surface area contributed by atoms with E-state index in [1.54, 1.807) is 0 Å². The maximum Gasteiger partial charge on any atom is 0.305 e. The molecule has 0 fully saturated rings. The van der Waals surface area contributed by atoms with Crippen LogP contribution in [0.4, 0.5) is 0 Å². The van der Waals surface area contributed by atoms with Crippen molar-refractivity contribution in [2.24, 2.45) is 0 Å². The predicted octanol–water partition coefficient (Wildman–Crippen LogP) is 12.3. The van der Waals surface area contributed by atoms with E-state index in [9.17, 15) is 9.90 Å². The molecule has 0 aliphatic rings. The molecule has 6 nitrogen and oxygen atoms in total. The Kier molecular flexibility index (Phi) is 41.1. The second-order valence-corrected chi connectivity index (χ2v) is 14.7. The van der Waals surface area contributed by atoms with Gasteiger partial charge in [-0.15, -0.1) is 0 Å². The van der Waals surface area contributed by atoms with Crippen LogP contribution in [-0.2, 0) is 19.0 Å². The number of esters is 1. The smallest absolute Gasteiger partial charge is 0.305 e. The molecule has 0 unspecified atom stereocenters. The van der Waals surface area contributed by atoms with Crippen LogP contribution in [0.2, 0.25) is 0 Å². The van der Waals surface area contributed by atoms with Crippen LogP contribution in [0, 0.1) is 0 Å². The first-order valence-electron chi connectivity index (χ1n) is 21.9. The average Bonchev–Trinajstić information content (AvgIpc) is 3.10. The van der Waals surface area contributed by atoms with Crippen LogP contribution in [0.1, 0.15) is 220 Å². The molecule has 0 aromatic carbocycles. The Labute approximate surface area is 306 Å². The highest BCUT2D eigenvalue weighted by Crippen LogP contribution is 2.15. The van der Waals surface area contributed by atoms with Gasteiger partial charge in [0, 0.05) is 26.2 Å². The maximum absolute atomic E-state index is 12.1. The van der Waals surface area contributed by atoms with E-state index in [0.717, 1.165) is 84.2 Å². The molecule has 0 saturated heterocycles. The standard InChI is InChI=1S/C43H87NO5/c1-4-7-10-13-16-17-18-19-25-30-39-47-42(46)33-27-29-36-44(37-38-45)35-28-22-20-21-26-34-43(48-40-31-23-14-11-8-5-2)49-41-32-24-15-12-9-6-3/h43,45H,4-41H2,1-3H3. The van der Waals surface area contributed by atoms with Crippen LogP contribution in [0.25, 0.3) is 0 Å². The minimum absolute atomic E-state index is 0.0386. The lowest BCUT2D eigenvalue weighted by Gasteiger charge is -2.21. The molecular formula is C43H87NO5. The highest BCUT2D eigenvalue weighted by Gasteiger charge is 2.10. The van der Waals surface area contributed by atoms with Crippen molar-refractivity contribution < 1.29 is 24.1 Å². The molecule has 0 amide bonds. The summed E-state index contributed by atoms with van der Waals surface area (Å²) in [7, 11) is 0. The first kappa shape index (κ1) is 48.3. The van der Waals surface area contributed by atoms with E-state index in [1.165, 1.54) is 141 Å². The molecule has 6 heteroatoms. The fourth-order valence-electron chi connectivity index (χ4n) is 6.52. The minimum atomic E-state index is -0.0486. The summed E-state index contributed by atoms with van der Waals surface area (Å²) < 4.78 is 17.9. The zero-order valence-electron chi connectivity index (χ0n) is 33.5. The van der Waals surface area contributed by atoms with Gasteiger partial charge in [0.1, 0.15) is 0 Å². The molecule has 0 saturated carbocycles. The number of carbonyl (C=O) groups is 1. The zero-order valence-corrected chi connectivity index (χ0v) is 33.5. The Morgan fingerprint density at radius 2 is 0.857 bits per heavy atom. The third-order valence-corrected chi connectivity index (χ3v) is 9.80. The summed E-state index contributed by atoms with van der Waals surface area (Å²) in [5.41, 5.74) is 0. The van der Waals surface area contributed by atoms with Crippen LogP contribution in [-0.4, -0.2) is 68.3 Å². The Balaban J connectivity index is 3.96. The van der Waals surface area contributed by atoms with Gasteiger partial charge in [-0.1, -0.05) is 162 Å². The fraction of sp³-hybridized carbons (Fsp3) is 0.977. The van der Waals surface area contributed by atoms with Gasteiger partial charge >= 0.3 is 5.97 Å². The first-order valence-corrected chi connectivity index (χ1v) is 21.9. The Bertz CT molecular complexity index is 615. The normalized spacial score (nSPS) is 11.7. The van der Waals surface area contributed by atoms with Crippen LogP contribution < -0.4 is 0 Å². The molecule has 0 heterocycles. The summed E-state index contributed by atoms with van der Waals surface area (Å²) in [6.45, 7) is 11.9. The third kappa shape index (κ3) is 38.4. The van der Waals surface area contributed by atoms with Crippen molar-refractivity contribution in [2.75, 3.05) is 46.1 Å². The molecular weight excluding hydrogens is 610 g/mol. The quantitative estimate of drug-likeness (QED) is 0.0389. The van der Waals surface area contributed by atoms with Crippen molar-refractivity contribution in [1.29, 1.82) is 0 Å². The van der Waals surface area contributed by atoms with Crippen molar-refractivity contribution in [3.05, 3.63) is 0 Å². The third-order valence-electron chi connectivity index (χ3n) is 9.80.